The number of hydrogen-bond donors (Lipinski definition) is 2. The summed E-state index contributed by atoms with van der Waals surface area (Å²) < 4.78 is 19.9. The SMILES string of the molecule is C=C(C)C(=O)Oc1ccccc1OP(=O)(O)O. The Labute approximate surface area is 97.7 Å². The van der Waals surface area contributed by atoms with E-state index in [1.54, 1.807) is 0 Å². The molecule has 0 spiro atoms. The first-order valence-corrected chi connectivity index (χ1v) is 6.04. The molecule has 0 bridgehead atoms. The number of para-hydroxylation sites is 2. The number of phosphoric ester groups is 1. The van der Waals surface area contributed by atoms with Gasteiger partial charge >= 0.3 is 13.8 Å². The lowest BCUT2D eigenvalue weighted by molar-refractivity contribution is -0.130. The van der Waals surface area contributed by atoms with E-state index >= 15 is 0 Å². The van der Waals surface area contributed by atoms with Gasteiger partial charge in [0.2, 0.25) is 0 Å². The quantitative estimate of drug-likeness (QED) is 0.369. The minimum atomic E-state index is -4.70. The molecule has 0 heterocycles. The Morgan fingerprint density at radius 2 is 1.82 bits per heavy atom. The summed E-state index contributed by atoms with van der Waals surface area (Å²) in [5.74, 6) is -0.994. The molecule has 0 saturated heterocycles. The third-order valence-corrected chi connectivity index (χ3v) is 2.05. The first-order valence-electron chi connectivity index (χ1n) is 4.51. The van der Waals surface area contributed by atoms with E-state index in [0.717, 1.165) is 0 Å². The molecule has 92 valence electrons. The van der Waals surface area contributed by atoms with Gasteiger partial charge in [0, 0.05) is 5.57 Å². The van der Waals surface area contributed by atoms with Gasteiger partial charge in [-0.2, -0.15) is 0 Å². The number of hydrogen-bond acceptors (Lipinski definition) is 4. The average molecular weight is 258 g/mol. The first-order chi connectivity index (χ1) is 7.79. The van der Waals surface area contributed by atoms with Crippen molar-refractivity contribution in [1.82, 2.24) is 0 Å². The molecule has 0 aliphatic rings. The number of benzene rings is 1. The summed E-state index contributed by atoms with van der Waals surface area (Å²) >= 11 is 0. The van der Waals surface area contributed by atoms with Gasteiger partial charge in [0.05, 0.1) is 0 Å². The third-order valence-electron chi connectivity index (χ3n) is 1.62. The monoisotopic (exact) mass is 258 g/mol. The van der Waals surface area contributed by atoms with Gasteiger partial charge < -0.3 is 9.26 Å². The van der Waals surface area contributed by atoms with Crippen LogP contribution in [0.25, 0.3) is 0 Å². The van der Waals surface area contributed by atoms with Crippen LogP contribution < -0.4 is 9.26 Å². The van der Waals surface area contributed by atoms with Crippen LogP contribution in [0, 0.1) is 0 Å². The van der Waals surface area contributed by atoms with Crippen LogP contribution in [0.15, 0.2) is 36.4 Å². The Hall–Kier alpha value is -1.62. The Kier molecular flexibility index (Phi) is 4.07. The molecule has 6 nitrogen and oxygen atoms in total. The fourth-order valence-electron chi connectivity index (χ4n) is 0.925. The summed E-state index contributed by atoms with van der Waals surface area (Å²) in [4.78, 5) is 28.6. The molecule has 0 unspecified atom stereocenters. The van der Waals surface area contributed by atoms with Gasteiger partial charge in [-0.1, -0.05) is 18.7 Å². The second-order valence-corrected chi connectivity index (χ2v) is 4.36. The van der Waals surface area contributed by atoms with Crippen LogP contribution in [-0.2, 0) is 9.36 Å². The normalized spacial score (nSPS) is 10.8. The average Bonchev–Trinajstić information content (AvgIpc) is 2.18. The summed E-state index contributed by atoms with van der Waals surface area (Å²) in [5, 5.41) is 0. The standard InChI is InChI=1S/C10H11O6P/c1-7(2)10(11)15-8-5-3-4-6-9(8)16-17(12,13)14/h3-6H,1H2,2H3,(H2,12,13,14). The van der Waals surface area contributed by atoms with Crippen molar-refractivity contribution in [3.8, 4) is 11.5 Å². The maximum absolute atomic E-state index is 11.3. The minimum Gasteiger partial charge on any atom is -0.419 e. The maximum atomic E-state index is 11.3. The van der Waals surface area contributed by atoms with Gasteiger partial charge in [0.15, 0.2) is 11.5 Å². The number of ether oxygens (including phenoxy) is 1. The highest BCUT2D eigenvalue weighted by Crippen LogP contribution is 2.41. The minimum absolute atomic E-state index is 0.0798. The van der Waals surface area contributed by atoms with E-state index in [4.69, 9.17) is 14.5 Å². The Morgan fingerprint density at radius 3 is 2.29 bits per heavy atom. The molecular weight excluding hydrogens is 247 g/mol. The fraction of sp³-hybridized carbons (Fsp3) is 0.100. The van der Waals surface area contributed by atoms with Crippen molar-refractivity contribution in [2.75, 3.05) is 0 Å². The van der Waals surface area contributed by atoms with E-state index in [9.17, 15) is 9.36 Å². The zero-order valence-corrected chi connectivity index (χ0v) is 9.89. The number of phosphoric acid groups is 1. The molecule has 17 heavy (non-hydrogen) atoms. The van der Waals surface area contributed by atoms with Gasteiger partial charge in [-0.3, -0.25) is 9.79 Å². The van der Waals surface area contributed by atoms with Crippen molar-refractivity contribution < 1.29 is 28.4 Å². The van der Waals surface area contributed by atoms with Gasteiger partial charge in [-0.25, -0.2) is 9.36 Å². The molecule has 0 fully saturated rings. The summed E-state index contributed by atoms with van der Waals surface area (Å²) in [7, 11) is -4.70. The lowest BCUT2D eigenvalue weighted by atomic mass is 10.3. The van der Waals surface area contributed by atoms with Crippen molar-refractivity contribution >= 4 is 13.8 Å². The van der Waals surface area contributed by atoms with Crippen LogP contribution in [0.1, 0.15) is 6.92 Å². The molecule has 7 heteroatoms. The van der Waals surface area contributed by atoms with Crippen LogP contribution in [0.2, 0.25) is 0 Å². The molecular formula is C10H11O6P. The Morgan fingerprint density at radius 1 is 1.29 bits per heavy atom. The Balaban J connectivity index is 2.96. The summed E-state index contributed by atoms with van der Waals surface area (Å²) in [6.07, 6.45) is 0. The lowest BCUT2D eigenvalue weighted by Crippen LogP contribution is -2.09. The van der Waals surface area contributed by atoms with Crippen LogP contribution in [0.4, 0.5) is 0 Å². The highest BCUT2D eigenvalue weighted by atomic mass is 31.2. The lowest BCUT2D eigenvalue weighted by Gasteiger charge is -2.11. The topological polar surface area (TPSA) is 93.1 Å². The van der Waals surface area contributed by atoms with E-state index in [0.29, 0.717) is 0 Å². The molecule has 1 aromatic carbocycles. The van der Waals surface area contributed by atoms with Crippen LogP contribution >= 0.6 is 7.82 Å². The van der Waals surface area contributed by atoms with Gasteiger partial charge in [0.1, 0.15) is 0 Å². The summed E-state index contributed by atoms with van der Waals surface area (Å²) in [6, 6.07) is 5.66. The van der Waals surface area contributed by atoms with Crippen LogP contribution in [0.5, 0.6) is 11.5 Å². The number of esters is 1. The molecule has 0 atom stereocenters. The molecule has 1 rings (SSSR count). The Bertz CT molecular complexity index is 489. The molecule has 0 aliphatic carbocycles. The predicted molar refractivity (Wildman–Crippen MR) is 59.6 cm³/mol. The molecule has 0 amide bonds. The highest BCUT2D eigenvalue weighted by Gasteiger charge is 2.20. The first kappa shape index (κ1) is 13.4. The molecule has 0 saturated carbocycles. The number of carbonyl (C=O) groups is 1. The molecule has 1 aromatic rings. The summed E-state index contributed by atoms with van der Waals surface area (Å²) in [6.45, 7) is 4.84. The fourth-order valence-corrected chi connectivity index (χ4v) is 1.33. The van der Waals surface area contributed by atoms with Crippen LogP contribution in [0.3, 0.4) is 0 Å². The van der Waals surface area contributed by atoms with E-state index in [1.807, 2.05) is 0 Å². The number of carbonyl (C=O) groups excluding carboxylic acids is 1. The van der Waals surface area contributed by atoms with E-state index in [-0.39, 0.29) is 17.1 Å². The van der Waals surface area contributed by atoms with Gasteiger partial charge in [-0.05, 0) is 19.1 Å². The zero-order valence-electron chi connectivity index (χ0n) is 8.99. The van der Waals surface area contributed by atoms with Gasteiger partial charge in [0.25, 0.3) is 0 Å². The third kappa shape index (κ3) is 4.40. The predicted octanol–water partition coefficient (Wildman–Crippen LogP) is 1.64. The highest BCUT2D eigenvalue weighted by molar-refractivity contribution is 7.46. The van der Waals surface area contributed by atoms with E-state index < -0.39 is 13.8 Å². The van der Waals surface area contributed by atoms with E-state index in [1.165, 1.54) is 31.2 Å². The maximum Gasteiger partial charge on any atom is 0.524 e. The second kappa shape index (κ2) is 5.14. The smallest absolute Gasteiger partial charge is 0.419 e. The zero-order chi connectivity index (χ0) is 13.1. The largest absolute Gasteiger partial charge is 0.524 e. The van der Waals surface area contributed by atoms with Crippen molar-refractivity contribution in [2.24, 2.45) is 0 Å². The summed E-state index contributed by atoms with van der Waals surface area (Å²) in [5.41, 5.74) is 0.163. The van der Waals surface area contributed by atoms with Crippen molar-refractivity contribution in [1.29, 1.82) is 0 Å². The van der Waals surface area contributed by atoms with E-state index in [2.05, 4.69) is 11.1 Å². The molecule has 0 aliphatic heterocycles. The van der Waals surface area contributed by atoms with Crippen LogP contribution in [-0.4, -0.2) is 15.8 Å². The van der Waals surface area contributed by atoms with Crippen molar-refractivity contribution in [3.63, 3.8) is 0 Å². The van der Waals surface area contributed by atoms with Crippen molar-refractivity contribution in [2.45, 2.75) is 6.92 Å². The number of rotatable bonds is 4. The molecule has 2 N–H and O–H groups in total. The molecule has 0 aromatic heterocycles. The molecule has 0 radical (unpaired) electrons. The van der Waals surface area contributed by atoms with Crippen molar-refractivity contribution in [3.05, 3.63) is 36.4 Å². The van der Waals surface area contributed by atoms with Gasteiger partial charge in [-0.15, -0.1) is 0 Å². The second-order valence-electron chi connectivity index (χ2n) is 3.20.